The molecular formula is C25H27NO2S. The molecule has 3 nitrogen and oxygen atoms in total. The zero-order valence-electron chi connectivity index (χ0n) is 17.6. The highest BCUT2D eigenvalue weighted by Gasteiger charge is 2.36. The van der Waals surface area contributed by atoms with Crippen LogP contribution in [0.25, 0.3) is 21.3 Å². The van der Waals surface area contributed by atoms with E-state index in [0.717, 1.165) is 58.1 Å². The Kier molecular flexibility index (Phi) is 4.32. The van der Waals surface area contributed by atoms with E-state index < -0.39 is 0 Å². The van der Waals surface area contributed by atoms with E-state index in [1.807, 2.05) is 23.5 Å². The van der Waals surface area contributed by atoms with Crippen LogP contribution in [0.2, 0.25) is 0 Å². The maximum atomic E-state index is 13.3. The number of ether oxygens (including phenoxy) is 1. The number of hydrogen-bond acceptors (Lipinski definition) is 4. The summed E-state index contributed by atoms with van der Waals surface area (Å²) in [6.45, 7) is 6.68. The molecule has 3 aromatic rings. The second-order valence-electron chi connectivity index (χ2n) is 9.51. The number of fused-ring (bicyclic) bond motifs is 4. The summed E-state index contributed by atoms with van der Waals surface area (Å²) in [5, 5.41) is 1.23. The van der Waals surface area contributed by atoms with Crippen molar-refractivity contribution in [3.05, 3.63) is 46.0 Å². The molecule has 5 rings (SSSR count). The average molecular weight is 406 g/mol. The number of hydrogen-bond donors (Lipinski definition) is 0. The van der Waals surface area contributed by atoms with Gasteiger partial charge in [0, 0.05) is 27.8 Å². The van der Waals surface area contributed by atoms with Crippen LogP contribution >= 0.6 is 11.3 Å². The third-order valence-corrected chi connectivity index (χ3v) is 7.61. The summed E-state index contributed by atoms with van der Waals surface area (Å²) in [5.41, 5.74) is 5.45. The Morgan fingerprint density at radius 2 is 1.90 bits per heavy atom. The molecule has 2 aliphatic carbocycles. The highest BCUT2D eigenvalue weighted by atomic mass is 32.1. The number of carbonyl (C=O) groups is 1. The maximum Gasteiger partial charge on any atom is 0.165 e. The molecule has 1 unspecified atom stereocenters. The van der Waals surface area contributed by atoms with E-state index in [1.54, 1.807) is 7.11 Å². The van der Waals surface area contributed by atoms with E-state index in [0.29, 0.717) is 6.42 Å². The lowest BCUT2D eigenvalue weighted by Gasteiger charge is -2.31. The Hall–Kier alpha value is -2.20. The minimum Gasteiger partial charge on any atom is -0.497 e. The molecule has 0 saturated heterocycles. The monoisotopic (exact) mass is 405 g/mol. The highest BCUT2D eigenvalue weighted by molar-refractivity contribution is 7.19. The molecule has 150 valence electrons. The maximum absolute atomic E-state index is 13.3. The van der Waals surface area contributed by atoms with Crippen molar-refractivity contribution < 1.29 is 9.53 Å². The molecule has 2 aromatic heterocycles. The Morgan fingerprint density at radius 3 is 2.62 bits per heavy atom. The van der Waals surface area contributed by atoms with Crippen LogP contribution in [0.3, 0.4) is 0 Å². The number of aromatic nitrogens is 1. The van der Waals surface area contributed by atoms with Gasteiger partial charge in [0.1, 0.15) is 10.6 Å². The predicted molar refractivity (Wildman–Crippen MR) is 119 cm³/mol. The Bertz CT molecular complexity index is 1120. The fraction of sp³-hybridized carbons (Fsp3) is 0.440. The van der Waals surface area contributed by atoms with Crippen molar-refractivity contribution in [2.45, 2.75) is 52.9 Å². The standard InChI is InChI=1S/C25H27NO2S/c1-14-5-10-17-20(11-14)29-24-22(17)21(15-6-8-16(28-4)9-7-15)23-18(26-24)12-25(2,3)13-19(23)27/h6-9,14H,5,10-13H2,1-4H3. The van der Waals surface area contributed by atoms with Gasteiger partial charge in [-0.05, 0) is 60.3 Å². The molecule has 2 heterocycles. The van der Waals surface area contributed by atoms with Crippen molar-refractivity contribution in [3.63, 3.8) is 0 Å². The van der Waals surface area contributed by atoms with Crippen LogP contribution in [0, 0.1) is 11.3 Å². The second-order valence-corrected chi connectivity index (χ2v) is 10.6. The zero-order chi connectivity index (χ0) is 20.3. The zero-order valence-corrected chi connectivity index (χ0v) is 18.4. The SMILES string of the molecule is COc1ccc(-c2c3c(nc4sc5c(c24)CCC(C)C5)CC(C)(C)CC3=O)cc1. The number of Topliss-reactive ketones (excluding diaryl/α,β-unsaturated/α-hetero) is 1. The van der Waals surface area contributed by atoms with Crippen molar-refractivity contribution in [2.24, 2.45) is 11.3 Å². The van der Waals surface area contributed by atoms with Gasteiger partial charge in [-0.3, -0.25) is 4.79 Å². The molecule has 2 aliphatic rings. The molecule has 4 heteroatoms. The Morgan fingerprint density at radius 1 is 1.14 bits per heavy atom. The van der Waals surface area contributed by atoms with Gasteiger partial charge in [-0.25, -0.2) is 4.98 Å². The molecule has 0 bridgehead atoms. The molecule has 29 heavy (non-hydrogen) atoms. The molecule has 0 radical (unpaired) electrons. The molecule has 0 spiro atoms. The normalized spacial score (nSPS) is 20.4. The average Bonchev–Trinajstić information content (AvgIpc) is 3.02. The van der Waals surface area contributed by atoms with Crippen LogP contribution in [0.4, 0.5) is 0 Å². The van der Waals surface area contributed by atoms with E-state index in [9.17, 15) is 4.79 Å². The number of ketones is 1. The van der Waals surface area contributed by atoms with Crippen molar-refractivity contribution >= 4 is 27.3 Å². The summed E-state index contributed by atoms with van der Waals surface area (Å²) in [4.78, 5) is 21.0. The van der Waals surface area contributed by atoms with Gasteiger partial charge in [-0.15, -0.1) is 11.3 Å². The van der Waals surface area contributed by atoms with Crippen LogP contribution in [0.1, 0.15) is 60.1 Å². The number of thiophene rings is 1. The van der Waals surface area contributed by atoms with Crippen molar-refractivity contribution in [2.75, 3.05) is 7.11 Å². The minimum absolute atomic E-state index is 0.0344. The molecule has 0 aliphatic heterocycles. The summed E-state index contributed by atoms with van der Waals surface area (Å²) in [6.07, 6.45) is 4.85. The molecule has 0 amide bonds. The fourth-order valence-corrected chi connectivity index (χ4v) is 6.45. The Balaban J connectivity index is 1.84. The number of carbonyl (C=O) groups excluding carboxylic acids is 1. The first-order valence-electron chi connectivity index (χ1n) is 10.5. The van der Waals surface area contributed by atoms with Gasteiger partial charge >= 0.3 is 0 Å². The first-order chi connectivity index (χ1) is 13.9. The molecule has 0 saturated carbocycles. The summed E-state index contributed by atoms with van der Waals surface area (Å²) in [7, 11) is 1.68. The lowest BCUT2D eigenvalue weighted by atomic mass is 9.73. The van der Waals surface area contributed by atoms with Crippen LogP contribution in [0.5, 0.6) is 5.75 Å². The summed E-state index contributed by atoms with van der Waals surface area (Å²) < 4.78 is 5.36. The van der Waals surface area contributed by atoms with Crippen molar-refractivity contribution in [1.82, 2.24) is 4.98 Å². The molecule has 1 aromatic carbocycles. The van der Waals surface area contributed by atoms with E-state index in [1.165, 1.54) is 22.2 Å². The third kappa shape index (κ3) is 3.09. The van der Waals surface area contributed by atoms with Crippen LogP contribution in [-0.2, 0) is 19.3 Å². The smallest absolute Gasteiger partial charge is 0.165 e. The van der Waals surface area contributed by atoms with Crippen LogP contribution in [0.15, 0.2) is 24.3 Å². The molecular weight excluding hydrogens is 378 g/mol. The van der Waals surface area contributed by atoms with Gasteiger partial charge in [-0.1, -0.05) is 32.9 Å². The number of methoxy groups -OCH3 is 1. The van der Waals surface area contributed by atoms with Crippen molar-refractivity contribution in [1.29, 1.82) is 0 Å². The molecule has 1 atom stereocenters. The van der Waals surface area contributed by atoms with Crippen molar-refractivity contribution in [3.8, 4) is 16.9 Å². The highest BCUT2D eigenvalue weighted by Crippen LogP contribution is 2.47. The van der Waals surface area contributed by atoms with E-state index in [4.69, 9.17) is 9.72 Å². The van der Waals surface area contributed by atoms with Gasteiger partial charge in [0.15, 0.2) is 5.78 Å². The van der Waals surface area contributed by atoms with Gasteiger partial charge in [0.25, 0.3) is 0 Å². The Labute approximate surface area is 176 Å². The van der Waals surface area contributed by atoms with Crippen LogP contribution < -0.4 is 4.74 Å². The third-order valence-electron chi connectivity index (χ3n) is 6.46. The number of nitrogens with zero attached hydrogens (tertiary/aromatic N) is 1. The number of benzene rings is 1. The summed E-state index contributed by atoms with van der Waals surface area (Å²) >= 11 is 1.85. The molecule has 0 fully saturated rings. The lowest BCUT2D eigenvalue weighted by Crippen LogP contribution is -2.28. The van der Waals surface area contributed by atoms with Gasteiger partial charge in [-0.2, -0.15) is 0 Å². The van der Waals surface area contributed by atoms with Gasteiger partial charge in [0.2, 0.25) is 0 Å². The van der Waals surface area contributed by atoms with Gasteiger partial charge < -0.3 is 4.74 Å². The minimum atomic E-state index is -0.0344. The quantitative estimate of drug-likeness (QED) is 0.506. The van der Waals surface area contributed by atoms with Crippen LogP contribution in [-0.4, -0.2) is 17.9 Å². The predicted octanol–water partition coefficient (Wildman–Crippen LogP) is 6.25. The fourth-order valence-electron chi connectivity index (χ4n) is 5.03. The number of rotatable bonds is 2. The summed E-state index contributed by atoms with van der Waals surface area (Å²) in [5.74, 6) is 1.79. The number of pyridine rings is 1. The van der Waals surface area contributed by atoms with E-state index in [-0.39, 0.29) is 11.2 Å². The topological polar surface area (TPSA) is 39.2 Å². The first kappa shape index (κ1) is 18.8. The van der Waals surface area contributed by atoms with E-state index >= 15 is 0 Å². The first-order valence-corrected chi connectivity index (χ1v) is 11.3. The molecule has 0 N–H and O–H groups in total. The summed E-state index contributed by atoms with van der Waals surface area (Å²) in [6, 6.07) is 8.17. The van der Waals surface area contributed by atoms with E-state index in [2.05, 4.69) is 32.9 Å². The van der Waals surface area contributed by atoms with Gasteiger partial charge in [0.05, 0.1) is 12.8 Å². The second kappa shape index (κ2) is 6.66. The largest absolute Gasteiger partial charge is 0.497 e. The lowest BCUT2D eigenvalue weighted by molar-refractivity contribution is 0.0911. The number of aryl methyl sites for hydroxylation is 1.